The lowest BCUT2D eigenvalue weighted by Gasteiger charge is -2.25. The third-order valence-corrected chi connectivity index (χ3v) is 5.94. The molecule has 2 heterocycles. The number of aryl methyl sites for hydroxylation is 3. The number of anilines is 5. The fourth-order valence-electron chi connectivity index (χ4n) is 4.19. The molecule has 0 atom stereocenters. The first-order valence-electron chi connectivity index (χ1n) is 12.0. The Kier molecular flexibility index (Phi) is 7.01. The average molecular weight is 458 g/mol. The topological polar surface area (TPSA) is 62.1 Å². The summed E-state index contributed by atoms with van der Waals surface area (Å²) in [6.07, 6.45) is 2.07. The highest BCUT2D eigenvalue weighted by molar-refractivity contribution is 5.88. The van der Waals surface area contributed by atoms with E-state index in [0.717, 1.165) is 60.2 Å². The van der Waals surface area contributed by atoms with Crippen molar-refractivity contribution in [3.8, 4) is 0 Å². The van der Waals surface area contributed by atoms with Crippen LogP contribution in [0.5, 0.6) is 0 Å². The van der Waals surface area contributed by atoms with Gasteiger partial charge < -0.3 is 15.1 Å². The Labute approximate surface area is 202 Å². The minimum Gasteiger partial charge on any atom is -0.355 e. The number of rotatable bonds is 9. The predicted octanol–water partition coefficient (Wildman–Crippen LogP) is 6.12. The van der Waals surface area contributed by atoms with Gasteiger partial charge in [-0.1, -0.05) is 38.1 Å². The van der Waals surface area contributed by atoms with Gasteiger partial charge in [0.25, 0.3) is 0 Å². The standard InChI is InChI=1S/C27H35N7/c1-7-15-34(16-8-2)25-23-24(30-27(31-25)32(5)22-14-10-12-20(4)18-22)33(6)26(29-23)28-21-13-9-11-19(3)17-21/h9-14,17-18H,7-8,15-16H2,1-6H3,(H,28,29). The summed E-state index contributed by atoms with van der Waals surface area (Å²) in [5.41, 5.74) is 6.10. The summed E-state index contributed by atoms with van der Waals surface area (Å²) in [4.78, 5) is 19.4. The number of hydrogen-bond donors (Lipinski definition) is 1. The van der Waals surface area contributed by atoms with E-state index >= 15 is 0 Å². The van der Waals surface area contributed by atoms with Crippen molar-refractivity contribution < 1.29 is 0 Å². The molecule has 0 aliphatic rings. The summed E-state index contributed by atoms with van der Waals surface area (Å²) in [7, 11) is 4.02. The van der Waals surface area contributed by atoms with Crippen molar-refractivity contribution in [2.45, 2.75) is 40.5 Å². The van der Waals surface area contributed by atoms with Crippen LogP contribution >= 0.6 is 0 Å². The molecule has 1 N–H and O–H groups in total. The Balaban J connectivity index is 1.86. The molecule has 0 spiro atoms. The van der Waals surface area contributed by atoms with Gasteiger partial charge in [-0.3, -0.25) is 4.57 Å². The van der Waals surface area contributed by atoms with Crippen LogP contribution in [0.25, 0.3) is 11.2 Å². The van der Waals surface area contributed by atoms with E-state index in [1.165, 1.54) is 11.1 Å². The summed E-state index contributed by atoms with van der Waals surface area (Å²) in [5.74, 6) is 2.30. The van der Waals surface area contributed by atoms with Crippen LogP contribution in [0, 0.1) is 13.8 Å². The number of nitrogens with one attached hydrogen (secondary N) is 1. The van der Waals surface area contributed by atoms with Gasteiger partial charge in [-0.2, -0.15) is 9.97 Å². The van der Waals surface area contributed by atoms with Gasteiger partial charge >= 0.3 is 0 Å². The van der Waals surface area contributed by atoms with E-state index in [2.05, 4.69) is 80.4 Å². The minimum absolute atomic E-state index is 0.662. The second kappa shape index (κ2) is 10.1. The van der Waals surface area contributed by atoms with Crippen LogP contribution in [0.4, 0.5) is 29.1 Å². The Bertz CT molecular complexity index is 1270. The van der Waals surface area contributed by atoms with Gasteiger partial charge in [0.1, 0.15) is 0 Å². The average Bonchev–Trinajstić information content (AvgIpc) is 3.13. The number of benzene rings is 2. The van der Waals surface area contributed by atoms with E-state index in [1.807, 2.05) is 29.6 Å². The molecular formula is C27H35N7. The number of hydrogen-bond acceptors (Lipinski definition) is 6. The molecule has 0 radical (unpaired) electrons. The maximum Gasteiger partial charge on any atom is 0.233 e. The number of aromatic nitrogens is 4. The van der Waals surface area contributed by atoms with Crippen LogP contribution < -0.4 is 15.1 Å². The first-order chi connectivity index (χ1) is 16.4. The largest absolute Gasteiger partial charge is 0.355 e. The lowest BCUT2D eigenvalue weighted by molar-refractivity contribution is 0.735. The Hall–Kier alpha value is -3.61. The maximum absolute atomic E-state index is 5.06. The van der Waals surface area contributed by atoms with Gasteiger partial charge in [0.05, 0.1) is 0 Å². The second-order valence-corrected chi connectivity index (χ2v) is 8.89. The van der Waals surface area contributed by atoms with Crippen molar-refractivity contribution in [3.05, 3.63) is 59.7 Å². The lowest BCUT2D eigenvalue weighted by Crippen LogP contribution is -2.27. The SMILES string of the molecule is CCCN(CCC)c1nc(N(C)c2cccc(C)c2)nc2c1nc(Nc1cccc(C)c1)n2C. The molecule has 4 aromatic rings. The molecular weight excluding hydrogens is 422 g/mol. The smallest absolute Gasteiger partial charge is 0.233 e. The lowest BCUT2D eigenvalue weighted by atomic mass is 10.2. The molecule has 0 bridgehead atoms. The molecule has 34 heavy (non-hydrogen) atoms. The van der Waals surface area contributed by atoms with Gasteiger partial charge in [-0.25, -0.2) is 4.98 Å². The highest BCUT2D eigenvalue weighted by Crippen LogP contribution is 2.31. The first kappa shape index (κ1) is 23.5. The van der Waals surface area contributed by atoms with Crippen LogP contribution in [0.3, 0.4) is 0 Å². The number of imidazole rings is 1. The second-order valence-electron chi connectivity index (χ2n) is 8.89. The Morgan fingerprint density at radius 2 is 1.56 bits per heavy atom. The van der Waals surface area contributed by atoms with Crippen LogP contribution in [0.15, 0.2) is 48.5 Å². The Morgan fingerprint density at radius 1 is 0.882 bits per heavy atom. The van der Waals surface area contributed by atoms with Crippen molar-refractivity contribution in [2.24, 2.45) is 7.05 Å². The molecule has 178 valence electrons. The zero-order valence-corrected chi connectivity index (χ0v) is 21.1. The molecule has 0 aliphatic carbocycles. The monoisotopic (exact) mass is 457 g/mol. The van der Waals surface area contributed by atoms with E-state index in [0.29, 0.717) is 5.95 Å². The van der Waals surface area contributed by atoms with Gasteiger partial charge in [-0.15, -0.1) is 0 Å². The van der Waals surface area contributed by atoms with Crippen molar-refractivity contribution in [1.82, 2.24) is 19.5 Å². The summed E-state index contributed by atoms with van der Waals surface area (Å²) in [6, 6.07) is 16.7. The first-order valence-corrected chi connectivity index (χ1v) is 12.0. The van der Waals surface area contributed by atoms with E-state index < -0.39 is 0 Å². The molecule has 2 aromatic carbocycles. The molecule has 2 aromatic heterocycles. The third kappa shape index (κ3) is 4.83. The van der Waals surface area contributed by atoms with Crippen LogP contribution in [0.1, 0.15) is 37.8 Å². The highest BCUT2D eigenvalue weighted by atomic mass is 15.3. The molecule has 7 heteroatoms. The molecule has 0 amide bonds. The predicted molar refractivity (Wildman–Crippen MR) is 143 cm³/mol. The van der Waals surface area contributed by atoms with Gasteiger partial charge in [-0.05, 0) is 62.1 Å². The van der Waals surface area contributed by atoms with E-state index in [4.69, 9.17) is 15.0 Å². The zero-order chi connectivity index (χ0) is 24.2. The summed E-state index contributed by atoms with van der Waals surface area (Å²) in [5, 5.41) is 3.47. The molecule has 0 fully saturated rings. The summed E-state index contributed by atoms with van der Waals surface area (Å²) >= 11 is 0. The normalized spacial score (nSPS) is 11.1. The van der Waals surface area contributed by atoms with Crippen molar-refractivity contribution in [1.29, 1.82) is 0 Å². The van der Waals surface area contributed by atoms with E-state index in [1.54, 1.807) is 0 Å². The van der Waals surface area contributed by atoms with E-state index in [9.17, 15) is 0 Å². The van der Waals surface area contributed by atoms with Gasteiger partial charge in [0.2, 0.25) is 11.9 Å². The van der Waals surface area contributed by atoms with Gasteiger partial charge in [0.15, 0.2) is 17.0 Å². The molecule has 0 unspecified atom stereocenters. The van der Waals surface area contributed by atoms with Crippen molar-refractivity contribution in [3.63, 3.8) is 0 Å². The quantitative estimate of drug-likeness (QED) is 0.327. The fraction of sp³-hybridized carbons (Fsp3) is 0.370. The minimum atomic E-state index is 0.662. The number of nitrogens with zero attached hydrogens (tertiary/aromatic N) is 6. The molecule has 0 aliphatic heterocycles. The van der Waals surface area contributed by atoms with Crippen molar-refractivity contribution in [2.75, 3.05) is 35.3 Å². The van der Waals surface area contributed by atoms with Crippen molar-refractivity contribution >= 4 is 40.3 Å². The third-order valence-electron chi connectivity index (χ3n) is 5.94. The molecule has 0 saturated heterocycles. The maximum atomic E-state index is 5.06. The molecule has 7 nitrogen and oxygen atoms in total. The molecule has 4 rings (SSSR count). The van der Waals surface area contributed by atoms with Crippen LogP contribution in [0.2, 0.25) is 0 Å². The number of fused-ring (bicyclic) bond motifs is 1. The fourth-order valence-corrected chi connectivity index (χ4v) is 4.19. The zero-order valence-electron chi connectivity index (χ0n) is 21.1. The Morgan fingerprint density at radius 3 is 2.21 bits per heavy atom. The highest BCUT2D eigenvalue weighted by Gasteiger charge is 2.22. The molecule has 0 saturated carbocycles. The van der Waals surface area contributed by atoms with Crippen LogP contribution in [-0.4, -0.2) is 39.7 Å². The van der Waals surface area contributed by atoms with E-state index in [-0.39, 0.29) is 0 Å². The van der Waals surface area contributed by atoms with Crippen LogP contribution in [-0.2, 0) is 7.05 Å². The summed E-state index contributed by atoms with van der Waals surface area (Å²) in [6.45, 7) is 10.4. The summed E-state index contributed by atoms with van der Waals surface area (Å²) < 4.78 is 2.02. The van der Waals surface area contributed by atoms with Gasteiger partial charge in [0, 0.05) is 38.6 Å².